The summed E-state index contributed by atoms with van der Waals surface area (Å²) in [5.74, 6) is -0.316. The lowest BCUT2D eigenvalue weighted by atomic mass is 9.80. The number of carbonyl (C=O) groups is 1. The smallest absolute Gasteiger partial charge is 0.307 e. The van der Waals surface area contributed by atoms with Gasteiger partial charge in [0.2, 0.25) is 5.60 Å². The van der Waals surface area contributed by atoms with Crippen LogP contribution in [0.25, 0.3) is 5.52 Å². The van der Waals surface area contributed by atoms with E-state index in [0.717, 1.165) is 32.1 Å². The number of ether oxygens (including phenoxy) is 2. The zero-order valence-electron chi connectivity index (χ0n) is 17.0. The van der Waals surface area contributed by atoms with Gasteiger partial charge in [-0.2, -0.15) is 10.4 Å². The quantitative estimate of drug-likeness (QED) is 0.461. The Morgan fingerprint density at radius 1 is 1.35 bits per heavy atom. The fraction of sp³-hybridized carbons (Fsp3) is 0.600. The van der Waals surface area contributed by atoms with Gasteiger partial charge in [0.1, 0.15) is 42.8 Å². The lowest BCUT2D eigenvalue weighted by Crippen LogP contribution is -2.44. The van der Waals surface area contributed by atoms with E-state index in [1.54, 1.807) is 6.07 Å². The van der Waals surface area contributed by atoms with Crippen LogP contribution in [-0.4, -0.2) is 61.2 Å². The maximum Gasteiger partial charge on any atom is 0.307 e. The molecule has 0 bridgehead atoms. The van der Waals surface area contributed by atoms with Gasteiger partial charge in [-0.3, -0.25) is 4.79 Å². The molecule has 1 aliphatic carbocycles. The number of nitrogen functional groups attached to an aromatic ring is 1. The van der Waals surface area contributed by atoms with Crippen molar-refractivity contribution in [2.24, 2.45) is 5.73 Å². The molecular formula is C20H26N6O5. The molecule has 0 aromatic carbocycles. The molecule has 1 saturated heterocycles. The zero-order chi connectivity index (χ0) is 22.2. The van der Waals surface area contributed by atoms with Crippen LogP contribution in [0, 0.1) is 11.3 Å². The van der Waals surface area contributed by atoms with Crippen molar-refractivity contribution in [1.29, 1.82) is 5.26 Å². The van der Waals surface area contributed by atoms with Crippen LogP contribution in [-0.2, 0) is 19.9 Å². The zero-order valence-corrected chi connectivity index (χ0v) is 17.0. The number of nitrogens with zero attached hydrogens (tertiary/aromatic N) is 4. The molecule has 0 spiro atoms. The molecule has 31 heavy (non-hydrogen) atoms. The van der Waals surface area contributed by atoms with Crippen molar-refractivity contribution in [2.75, 3.05) is 12.3 Å². The van der Waals surface area contributed by atoms with Crippen LogP contribution in [0.3, 0.4) is 0 Å². The molecule has 166 valence electrons. The van der Waals surface area contributed by atoms with Crippen molar-refractivity contribution >= 4 is 17.3 Å². The van der Waals surface area contributed by atoms with Gasteiger partial charge in [0, 0.05) is 5.54 Å². The van der Waals surface area contributed by atoms with Crippen LogP contribution >= 0.6 is 0 Å². The molecule has 0 unspecified atom stereocenters. The van der Waals surface area contributed by atoms with E-state index in [0.29, 0.717) is 5.52 Å². The standard InChI is InChI=1S/C20H26N6O5/c21-10-20(14-5-4-12-18(22)24-11-25-26(12)14)17(29)16(28)13(31-20)9-30-15(27)8-19(23)6-2-1-3-7-19/h4-5,11,13,16-17,28-29H,1-3,6-9,23H2,(H2,22,24,25)/t13-,16-,17-,20+/m1/s1. The molecule has 6 N–H and O–H groups in total. The number of hydrogen-bond acceptors (Lipinski definition) is 10. The Hall–Kier alpha value is -2.78. The van der Waals surface area contributed by atoms with Crippen LogP contribution in [0.4, 0.5) is 5.82 Å². The third kappa shape index (κ3) is 3.72. The SMILES string of the molecule is N#C[C@@]1(c2ccc3c(N)ncnn23)O[C@H](COC(=O)CC2(N)CCCCC2)[C@@H](O)[C@H]1O. The van der Waals surface area contributed by atoms with Crippen molar-refractivity contribution in [3.05, 3.63) is 24.2 Å². The van der Waals surface area contributed by atoms with Crippen molar-refractivity contribution in [3.63, 3.8) is 0 Å². The van der Waals surface area contributed by atoms with E-state index in [1.165, 1.54) is 16.9 Å². The van der Waals surface area contributed by atoms with Gasteiger partial charge >= 0.3 is 5.97 Å². The predicted molar refractivity (Wildman–Crippen MR) is 107 cm³/mol. The molecule has 0 amide bonds. The highest BCUT2D eigenvalue weighted by atomic mass is 16.6. The molecule has 3 heterocycles. The third-order valence-corrected chi connectivity index (χ3v) is 6.24. The Kier molecular flexibility index (Phi) is 5.57. The summed E-state index contributed by atoms with van der Waals surface area (Å²) < 4.78 is 12.4. The van der Waals surface area contributed by atoms with Crippen molar-refractivity contribution < 1.29 is 24.5 Å². The summed E-state index contributed by atoms with van der Waals surface area (Å²) in [7, 11) is 0. The van der Waals surface area contributed by atoms with Gasteiger partial charge in [-0.05, 0) is 25.0 Å². The molecule has 2 aromatic heterocycles. The van der Waals surface area contributed by atoms with Gasteiger partial charge in [0.15, 0.2) is 5.82 Å². The van der Waals surface area contributed by atoms with Crippen LogP contribution in [0.15, 0.2) is 18.5 Å². The van der Waals surface area contributed by atoms with Gasteiger partial charge in [-0.25, -0.2) is 9.50 Å². The first-order chi connectivity index (χ1) is 14.8. The first-order valence-electron chi connectivity index (χ1n) is 10.3. The Balaban J connectivity index is 1.49. The lowest BCUT2D eigenvalue weighted by molar-refractivity contribution is -0.152. The number of rotatable bonds is 5. The largest absolute Gasteiger partial charge is 0.463 e. The maximum atomic E-state index is 12.3. The lowest BCUT2D eigenvalue weighted by Gasteiger charge is -2.32. The second-order valence-corrected chi connectivity index (χ2v) is 8.38. The highest BCUT2D eigenvalue weighted by Crippen LogP contribution is 2.40. The maximum absolute atomic E-state index is 12.3. The molecule has 0 radical (unpaired) electrons. The monoisotopic (exact) mass is 430 g/mol. The Morgan fingerprint density at radius 3 is 2.81 bits per heavy atom. The average Bonchev–Trinajstić information content (AvgIpc) is 3.29. The summed E-state index contributed by atoms with van der Waals surface area (Å²) in [5, 5.41) is 35.2. The third-order valence-electron chi connectivity index (χ3n) is 6.24. The summed E-state index contributed by atoms with van der Waals surface area (Å²) in [5.41, 5.74) is 10.2. The molecule has 11 nitrogen and oxygen atoms in total. The number of nitriles is 1. The summed E-state index contributed by atoms with van der Waals surface area (Å²) in [6, 6.07) is 5.06. The molecule has 2 fully saturated rings. The normalized spacial score (nSPS) is 30.2. The molecular weight excluding hydrogens is 404 g/mol. The number of fused-ring (bicyclic) bond motifs is 1. The fourth-order valence-electron chi connectivity index (χ4n) is 4.50. The van der Waals surface area contributed by atoms with E-state index in [1.807, 2.05) is 6.07 Å². The number of hydrogen-bond donors (Lipinski definition) is 4. The Morgan fingerprint density at radius 2 is 2.10 bits per heavy atom. The van der Waals surface area contributed by atoms with E-state index >= 15 is 0 Å². The summed E-state index contributed by atoms with van der Waals surface area (Å²) in [6.07, 6.45) is 1.69. The topological polar surface area (TPSA) is 182 Å². The Bertz CT molecular complexity index is 1010. The minimum Gasteiger partial charge on any atom is -0.463 e. The average molecular weight is 430 g/mol. The predicted octanol–water partition coefficient (Wildman–Crippen LogP) is -0.254. The minimum absolute atomic E-state index is 0.0707. The van der Waals surface area contributed by atoms with Crippen LogP contribution in [0.2, 0.25) is 0 Å². The molecule has 1 saturated carbocycles. The summed E-state index contributed by atoms with van der Waals surface area (Å²) >= 11 is 0. The summed E-state index contributed by atoms with van der Waals surface area (Å²) in [6.45, 7) is -0.322. The number of aliphatic hydroxyl groups is 2. The minimum atomic E-state index is -1.93. The van der Waals surface area contributed by atoms with Crippen molar-refractivity contribution in [3.8, 4) is 6.07 Å². The number of aromatic nitrogens is 3. The molecule has 4 rings (SSSR count). The first kappa shape index (κ1) is 21.5. The molecule has 11 heteroatoms. The number of carbonyl (C=O) groups excluding carboxylic acids is 1. The Labute approximate surface area is 178 Å². The molecule has 4 atom stereocenters. The van der Waals surface area contributed by atoms with Gasteiger partial charge < -0.3 is 31.2 Å². The van der Waals surface area contributed by atoms with Gasteiger partial charge in [0.25, 0.3) is 0 Å². The molecule has 2 aliphatic rings. The van der Waals surface area contributed by atoms with Crippen LogP contribution < -0.4 is 11.5 Å². The number of aliphatic hydroxyl groups excluding tert-OH is 2. The van der Waals surface area contributed by atoms with E-state index < -0.39 is 35.4 Å². The van der Waals surface area contributed by atoms with E-state index in [2.05, 4.69) is 10.1 Å². The van der Waals surface area contributed by atoms with E-state index in [4.69, 9.17) is 20.9 Å². The molecule has 2 aromatic rings. The highest BCUT2D eigenvalue weighted by Gasteiger charge is 2.57. The molecule has 1 aliphatic heterocycles. The number of anilines is 1. The summed E-state index contributed by atoms with van der Waals surface area (Å²) in [4.78, 5) is 16.2. The van der Waals surface area contributed by atoms with Crippen molar-refractivity contribution in [2.45, 2.75) is 68.0 Å². The van der Waals surface area contributed by atoms with Crippen LogP contribution in [0.1, 0.15) is 44.2 Å². The second kappa shape index (κ2) is 8.05. The number of esters is 1. The van der Waals surface area contributed by atoms with Crippen molar-refractivity contribution in [1.82, 2.24) is 14.6 Å². The fourth-order valence-corrected chi connectivity index (χ4v) is 4.50. The highest BCUT2D eigenvalue weighted by molar-refractivity contribution is 5.71. The first-order valence-corrected chi connectivity index (χ1v) is 10.3. The van der Waals surface area contributed by atoms with E-state index in [-0.39, 0.29) is 24.5 Å². The van der Waals surface area contributed by atoms with Gasteiger partial charge in [-0.1, -0.05) is 19.3 Å². The van der Waals surface area contributed by atoms with Crippen LogP contribution in [0.5, 0.6) is 0 Å². The van der Waals surface area contributed by atoms with Gasteiger partial charge in [-0.15, -0.1) is 0 Å². The van der Waals surface area contributed by atoms with Gasteiger partial charge in [0.05, 0.1) is 12.1 Å². The number of nitrogens with two attached hydrogens (primary N) is 2. The second-order valence-electron chi connectivity index (χ2n) is 8.38. The van der Waals surface area contributed by atoms with E-state index in [9.17, 15) is 20.3 Å².